The van der Waals surface area contributed by atoms with E-state index in [1.807, 2.05) is 42.5 Å². The minimum Gasteiger partial charge on any atom is -0.489 e. The molecule has 0 spiro atoms. The van der Waals surface area contributed by atoms with Crippen LogP contribution >= 0.6 is 23.2 Å². The summed E-state index contributed by atoms with van der Waals surface area (Å²) in [5.74, 6) is 0.847. The van der Waals surface area contributed by atoms with Crippen LogP contribution in [0.15, 0.2) is 42.5 Å². The first-order valence-corrected chi connectivity index (χ1v) is 10.1. The van der Waals surface area contributed by atoms with Crippen molar-refractivity contribution < 1.29 is 9.47 Å². The molecule has 27 heavy (non-hydrogen) atoms. The average molecular weight is 409 g/mol. The van der Waals surface area contributed by atoms with E-state index in [4.69, 9.17) is 32.7 Å². The van der Waals surface area contributed by atoms with Crippen molar-refractivity contribution in [2.45, 2.75) is 19.6 Å². The minimum absolute atomic E-state index is 0.478. The smallest absolute Gasteiger partial charge is 0.124 e. The predicted molar refractivity (Wildman–Crippen MR) is 111 cm³/mol. The number of nitrogens with one attached hydrogen (secondary N) is 1. The van der Waals surface area contributed by atoms with E-state index in [2.05, 4.69) is 10.2 Å². The number of rotatable bonds is 9. The molecule has 0 aliphatic carbocycles. The summed E-state index contributed by atoms with van der Waals surface area (Å²) in [6, 6.07) is 13.5. The van der Waals surface area contributed by atoms with Gasteiger partial charge in [0.1, 0.15) is 12.4 Å². The highest BCUT2D eigenvalue weighted by Gasteiger charge is 2.09. The lowest BCUT2D eigenvalue weighted by Crippen LogP contribution is -2.37. The molecule has 2 aromatic carbocycles. The molecule has 3 rings (SSSR count). The van der Waals surface area contributed by atoms with Crippen molar-refractivity contribution in [2.75, 3.05) is 39.4 Å². The second-order valence-corrected chi connectivity index (χ2v) is 7.53. The second-order valence-electron chi connectivity index (χ2n) is 6.65. The summed E-state index contributed by atoms with van der Waals surface area (Å²) in [4.78, 5) is 2.45. The Morgan fingerprint density at radius 2 is 1.85 bits per heavy atom. The topological polar surface area (TPSA) is 33.7 Å². The van der Waals surface area contributed by atoms with Crippen LogP contribution in [0.25, 0.3) is 0 Å². The van der Waals surface area contributed by atoms with E-state index < -0.39 is 0 Å². The number of halogens is 2. The molecule has 0 atom stereocenters. The van der Waals surface area contributed by atoms with Gasteiger partial charge in [0.25, 0.3) is 0 Å². The first kappa shape index (κ1) is 20.4. The van der Waals surface area contributed by atoms with Gasteiger partial charge in [-0.05, 0) is 55.4 Å². The van der Waals surface area contributed by atoms with Gasteiger partial charge in [0.15, 0.2) is 0 Å². The van der Waals surface area contributed by atoms with E-state index in [1.165, 1.54) is 0 Å². The van der Waals surface area contributed by atoms with Crippen LogP contribution < -0.4 is 10.1 Å². The van der Waals surface area contributed by atoms with Gasteiger partial charge in [0, 0.05) is 35.2 Å². The Balaban J connectivity index is 1.46. The third kappa shape index (κ3) is 6.98. The Hall–Kier alpha value is -1.30. The lowest BCUT2D eigenvalue weighted by Gasteiger charge is -2.26. The summed E-state index contributed by atoms with van der Waals surface area (Å²) in [5, 5.41) is 4.93. The maximum absolute atomic E-state index is 6.18. The fraction of sp³-hybridized carbons (Fsp3) is 0.429. The van der Waals surface area contributed by atoms with E-state index in [0.717, 1.165) is 79.3 Å². The summed E-state index contributed by atoms with van der Waals surface area (Å²) < 4.78 is 11.4. The second kappa shape index (κ2) is 10.9. The number of hydrogen-bond donors (Lipinski definition) is 1. The molecule has 0 bridgehead atoms. The van der Waals surface area contributed by atoms with Gasteiger partial charge in [-0.15, -0.1) is 0 Å². The van der Waals surface area contributed by atoms with Crippen molar-refractivity contribution in [1.29, 1.82) is 0 Å². The highest BCUT2D eigenvalue weighted by Crippen LogP contribution is 2.24. The van der Waals surface area contributed by atoms with Crippen LogP contribution in [0.2, 0.25) is 10.0 Å². The van der Waals surface area contributed by atoms with E-state index >= 15 is 0 Å². The Morgan fingerprint density at radius 1 is 1.04 bits per heavy atom. The van der Waals surface area contributed by atoms with Crippen molar-refractivity contribution in [3.8, 4) is 5.75 Å². The Bertz CT molecular complexity index is 721. The Kier molecular flexibility index (Phi) is 8.24. The SMILES string of the molecule is Clc1cccc(COc2ccc(Cl)cc2CNCCCN2CCOCC2)c1. The van der Waals surface area contributed by atoms with Crippen LogP contribution in [0.1, 0.15) is 17.5 Å². The molecule has 2 aromatic rings. The molecule has 1 aliphatic heterocycles. The highest BCUT2D eigenvalue weighted by atomic mass is 35.5. The number of ether oxygens (including phenoxy) is 2. The van der Waals surface area contributed by atoms with Gasteiger partial charge in [0.05, 0.1) is 13.2 Å². The van der Waals surface area contributed by atoms with Gasteiger partial charge >= 0.3 is 0 Å². The summed E-state index contributed by atoms with van der Waals surface area (Å²) in [6.07, 6.45) is 1.11. The van der Waals surface area contributed by atoms with Gasteiger partial charge in [-0.1, -0.05) is 35.3 Å². The minimum atomic E-state index is 0.478. The zero-order chi connectivity index (χ0) is 18.9. The predicted octanol–water partition coefficient (Wildman–Crippen LogP) is 4.38. The fourth-order valence-corrected chi connectivity index (χ4v) is 3.50. The fourth-order valence-electron chi connectivity index (χ4n) is 3.09. The van der Waals surface area contributed by atoms with Crippen molar-refractivity contribution >= 4 is 23.2 Å². The van der Waals surface area contributed by atoms with Crippen molar-refractivity contribution in [2.24, 2.45) is 0 Å². The maximum atomic E-state index is 6.18. The molecule has 0 saturated carbocycles. The normalized spacial score (nSPS) is 15.0. The van der Waals surface area contributed by atoms with Gasteiger partial charge in [-0.3, -0.25) is 4.90 Å². The first-order valence-electron chi connectivity index (χ1n) is 9.37. The van der Waals surface area contributed by atoms with Gasteiger partial charge in [-0.2, -0.15) is 0 Å². The molecule has 0 amide bonds. The van der Waals surface area contributed by atoms with Crippen LogP contribution in [0.5, 0.6) is 5.75 Å². The number of hydrogen-bond acceptors (Lipinski definition) is 4. The van der Waals surface area contributed by atoms with Gasteiger partial charge in [-0.25, -0.2) is 0 Å². The molecule has 1 aliphatic rings. The van der Waals surface area contributed by atoms with E-state index in [1.54, 1.807) is 0 Å². The zero-order valence-electron chi connectivity index (χ0n) is 15.4. The molecule has 0 radical (unpaired) electrons. The molecule has 146 valence electrons. The molecule has 1 saturated heterocycles. The molecular weight excluding hydrogens is 383 g/mol. The van der Waals surface area contributed by atoms with E-state index in [9.17, 15) is 0 Å². The molecule has 4 nitrogen and oxygen atoms in total. The molecular formula is C21H26Cl2N2O2. The number of benzene rings is 2. The number of nitrogens with zero attached hydrogens (tertiary/aromatic N) is 1. The highest BCUT2D eigenvalue weighted by molar-refractivity contribution is 6.30. The van der Waals surface area contributed by atoms with Crippen LogP contribution in [-0.4, -0.2) is 44.3 Å². The summed E-state index contributed by atoms with van der Waals surface area (Å²) in [6.45, 7) is 7.04. The Morgan fingerprint density at radius 3 is 2.67 bits per heavy atom. The van der Waals surface area contributed by atoms with Gasteiger partial charge in [0.2, 0.25) is 0 Å². The monoisotopic (exact) mass is 408 g/mol. The summed E-state index contributed by atoms with van der Waals surface area (Å²) in [7, 11) is 0. The molecule has 0 unspecified atom stereocenters. The summed E-state index contributed by atoms with van der Waals surface area (Å²) in [5.41, 5.74) is 2.11. The first-order chi connectivity index (χ1) is 13.2. The quantitative estimate of drug-likeness (QED) is 0.623. The van der Waals surface area contributed by atoms with E-state index in [-0.39, 0.29) is 0 Å². The molecule has 1 fully saturated rings. The van der Waals surface area contributed by atoms with Crippen molar-refractivity contribution in [3.05, 3.63) is 63.6 Å². The van der Waals surface area contributed by atoms with Crippen molar-refractivity contribution in [3.63, 3.8) is 0 Å². The molecule has 1 heterocycles. The summed E-state index contributed by atoms with van der Waals surface area (Å²) >= 11 is 12.2. The van der Waals surface area contributed by atoms with Crippen LogP contribution in [0, 0.1) is 0 Å². The lowest BCUT2D eigenvalue weighted by molar-refractivity contribution is 0.0374. The molecule has 1 N–H and O–H groups in total. The van der Waals surface area contributed by atoms with Crippen molar-refractivity contribution in [1.82, 2.24) is 10.2 Å². The zero-order valence-corrected chi connectivity index (χ0v) is 16.9. The van der Waals surface area contributed by atoms with Gasteiger partial charge < -0.3 is 14.8 Å². The molecule has 6 heteroatoms. The van der Waals surface area contributed by atoms with Crippen LogP contribution in [0.4, 0.5) is 0 Å². The standard InChI is InChI=1S/C21H26Cl2N2O2/c22-19-4-1-3-17(13-19)16-27-21-6-5-20(23)14-18(21)15-24-7-2-8-25-9-11-26-12-10-25/h1,3-6,13-14,24H,2,7-12,15-16H2. The van der Waals surface area contributed by atoms with Crippen LogP contribution in [-0.2, 0) is 17.9 Å². The molecule has 0 aromatic heterocycles. The van der Waals surface area contributed by atoms with Crippen LogP contribution in [0.3, 0.4) is 0 Å². The van der Waals surface area contributed by atoms with E-state index in [0.29, 0.717) is 6.61 Å². The largest absolute Gasteiger partial charge is 0.489 e. The number of morpholine rings is 1. The Labute approximate surface area is 171 Å². The third-order valence-corrected chi connectivity index (χ3v) is 5.02. The maximum Gasteiger partial charge on any atom is 0.124 e. The third-order valence-electron chi connectivity index (χ3n) is 4.55. The lowest BCUT2D eigenvalue weighted by atomic mass is 10.2. The average Bonchev–Trinajstić information content (AvgIpc) is 2.68.